The van der Waals surface area contributed by atoms with Crippen molar-refractivity contribution in [3.8, 4) is 0 Å². The summed E-state index contributed by atoms with van der Waals surface area (Å²) in [5, 5.41) is 8.24. The monoisotopic (exact) mass is 330 g/mol. The third kappa shape index (κ3) is 2.76. The Bertz CT molecular complexity index is 739. The Kier molecular flexibility index (Phi) is 3.95. The molecular weight excluding hydrogens is 308 g/mol. The molecule has 24 heavy (non-hydrogen) atoms. The van der Waals surface area contributed by atoms with Crippen LogP contribution in [0.5, 0.6) is 0 Å². The van der Waals surface area contributed by atoms with Crippen molar-refractivity contribution < 1.29 is 9.32 Å². The van der Waals surface area contributed by atoms with E-state index in [-0.39, 0.29) is 12.1 Å². The number of piperidine rings is 1. The number of rotatable bonds is 2. The van der Waals surface area contributed by atoms with Gasteiger partial charge in [0, 0.05) is 32.2 Å². The maximum atomic E-state index is 12.6. The zero-order valence-corrected chi connectivity index (χ0v) is 13.9. The standard InChI is InChI=1S/C16H22N6O2/c1-11-13-14(17-10-18-15(13)24-20-11)19-12-5-4-8-22(9-12)16(23)21-6-2-3-7-21/h10,12H,2-9H2,1H3,(H,17,18,19). The van der Waals surface area contributed by atoms with Gasteiger partial charge >= 0.3 is 6.03 Å². The van der Waals surface area contributed by atoms with Crippen molar-refractivity contribution in [2.24, 2.45) is 0 Å². The molecule has 2 aliphatic rings. The van der Waals surface area contributed by atoms with Crippen LogP contribution in [0.2, 0.25) is 0 Å². The van der Waals surface area contributed by atoms with Gasteiger partial charge in [-0.3, -0.25) is 0 Å². The number of hydrogen-bond acceptors (Lipinski definition) is 6. The number of amides is 2. The molecule has 0 spiro atoms. The van der Waals surface area contributed by atoms with Crippen LogP contribution < -0.4 is 5.32 Å². The number of hydrogen-bond donors (Lipinski definition) is 1. The Hall–Kier alpha value is -2.38. The fourth-order valence-corrected chi connectivity index (χ4v) is 3.60. The fourth-order valence-electron chi connectivity index (χ4n) is 3.60. The van der Waals surface area contributed by atoms with E-state index in [1.54, 1.807) is 0 Å². The minimum absolute atomic E-state index is 0.174. The lowest BCUT2D eigenvalue weighted by molar-refractivity contribution is 0.149. The van der Waals surface area contributed by atoms with Crippen LogP contribution in [-0.2, 0) is 0 Å². The highest BCUT2D eigenvalue weighted by Crippen LogP contribution is 2.25. The van der Waals surface area contributed by atoms with Crippen LogP contribution in [0.4, 0.5) is 10.6 Å². The van der Waals surface area contributed by atoms with E-state index in [2.05, 4.69) is 20.4 Å². The third-order valence-electron chi connectivity index (χ3n) is 4.85. The molecule has 4 heterocycles. The maximum absolute atomic E-state index is 12.6. The zero-order valence-electron chi connectivity index (χ0n) is 13.9. The molecular formula is C16H22N6O2. The van der Waals surface area contributed by atoms with E-state index in [1.807, 2.05) is 16.7 Å². The SMILES string of the molecule is Cc1noc2ncnc(NC3CCCN(C(=O)N4CCCC4)C3)c12. The first kappa shape index (κ1) is 15.2. The molecule has 8 nitrogen and oxygen atoms in total. The number of aromatic nitrogens is 3. The summed E-state index contributed by atoms with van der Waals surface area (Å²) < 4.78 is 5.19. The number of carbonyl (C=O) groups is 1. The number of nitrogens with one attached hydrogen (secondary N) is 1. The average Bonchev–Trinajstić information content (AvgIpc) is 3.25. The molecule has 1 unspecified atom stereocenters. The molecule has 2 aromatic heterocycles. The number of urea groups is 1. The summed E-state index contributed by atoms with van der Waals surface area (Å²) in [5.74, 6) is 0.735. The van der Waals surface area contributed by atoms with E-state index in [4.69, 9.17) is 4.52 Å². The molecule has 0 radical (unpaired) electrons. The quantitative estimate of drug-likeness (QED) is 0.906. The van der Waals surface area contributed by atoms with E-state index >= 15 is 0 Å². The topological polar surface area (TPSA) is 87.4 Å². The summed E-state index contributed by atoms with van der Waals surface area (Å²) in [6, 6.07) is 0.352. The number of nitrogens with zero attached hydrogens (tertiary/aromatic N) is 5. The van der Waals surface area contributed by atoms with Crippen molar-refractivity contribution in [2.75, 3.05) is 31.5 Å². The summed E-state index contributed by atoms with van der Waals surface area (Å²) in [5.41, 5.74) is 1.26. The molecule has 2 saturated heterocycles. The highest BCUT2D eigenvalue weighted by molar-refractivity contribution is 5.87. The Balaban J connectivity index is 1.48. The predicted molar refractivity (Wildman–Crippen MR) is 88.8 cm³/mol. The fraction of sp³-hybridized carbons (Fsp3) is 0.625. The van der Waals surface area contributed by atoms with E-state index in [0.29, 0.717) is 12.3 Å². The van der Waals surface area contributed by atoms with Crippen LogP contribution in [0.1, 0.15) is 31.4 Å². The van der Waals surface area contributed by atoms with Crippen molar-refractivity contribution in [1.82, 2.24) is 24.9 Å². The molecule has 4 rings (SSSR count). The van der Waals surface area contributed by atoms with Crippen LogP contribution in [0.15, 0.2) is 10.9 Å². The second-order valence-electron chi connectivity index (χ2n) is 6.58. The predicted octanol–water partition coefficient (Wildman–Crippen LogP) is 2.02. The number of aryl methyl sites for hydroxylation is 1. The smallest absolute Gasteiger partial charge is 0.320 e. The number of likely N-dealkylation sites (tertiary alicyclic amines) is 2. The van der Waals surface area contributed by atoms with Crippen molar-refractivity contribution >= 4 is 22.9 Å². The molecule has 2 aliphatic heterocycles. The van der Waals surface area contributed by atoms with Gasteiger partial charge in [0.25, 0.3) is 5.71 Å². The Morgan fingerprint density at radius 2 is 2.00 bits per heavy atom. The molecule has 0 saturated carbocycles. The van der Waals surface area contributed by atoms with Gasteiger partial charge in [-0.15, -0.1) is 0 Å². The first-order chi connectivity index (χ1) is 11.7. The van der Waals surface area contributed by atoms with Crippen molar-refractivity contribution in [1.29, 1.82) is 0 Å². The first-order valence-electron chi connectivity index (χ1n) is 8.60. The molecule has 0 aliphatic carbocycles. The summed E-state index contributed by atoms with van der Waals surface area (Å²) in [7, 11) is 0. The second kappa shape index (κ2) is 6.26. The minimum Gasteiger partial charge on any atom is -0.365 e. The molecule has 2 aromatic rings. The molecule has 1 N–H and O–H groups in total. The summed E-state index contributed by atoms with van der Waals surface area (Å²) in [6.45, 7) is 5.19. The first-order valence-corrected chi connectivity index (χ1v) is 8.60. The van der Waals surface area contributed by atoms with Crippen LogP contribution in [0.25, 0.3) is 11.1 Å². The molecule has 2 fully saturated rings. The van der Waals surface area contributed by atoms with Gasteiger partial charge in [-0.05, 0) is 32.6 Å². The normalized spacial score (nSPS) is 21.5. The maximum Gasteiger partial charge on any atom is 0.320 e. The van der Waals surface area contributed by atoms with Crippen LogP contribution in [-0.4, -0.2) is 63.2 Å². The van der Waals surface area contributed by atoms with Crippen molar-refractivity contribution in [3.05, 3.63) is 12.0 Å². The van der Waals surface area contributed by atoms with Gasteiger partial charge in [0.15, 0.2) is 0 Å². The lowest BCUT2D eigenvalue weighted by Crippen LogP contribution is -2.49. The summed E-state index contributed by atoms with van der Waals surface area (Å²) in [4.78, 5) is 25.0. The summed E-state index contributed by atoms with van der Waals surface area (Å²) in [6.07, 6.45) is 5.72. The van der Waals surface area contributed by atoms with Gasteiger partial charge in [0.05, 0.1) is 5.69 Å². The highest BCUT2D eigenvalue weighted by atomic mass is 16.5. The lowest BCUT2D eigenvalue weighted by Gasteiger charge is -2.35. The molecule has 128 valence electrons. The van der Waals surface area contributed by atoms with Crippen molar-refractivity contribution in [2.45, 2.75) is 38.6 Å². The van der Waals surface area contributed by atoms with Gasteiger partial charge in [0.1, 0.15) is 17.5 Å². The van der Waals surface area contributed by atoms with E-state index < -0.39 is 0 Å². The molecule has 2 amide bonds. The number of carbonyl (C=O) groups excluding carboxylic acids is 1. The van der Waals surface area contributed by atoms with Crippen LogP contribution >= 0.6 is 0 Å². The van der Waals surface area contributed by atoms with E-state index in [0.717, 1.165) is 62.2 Å². The van der Waals surface area contributed by atoms with E-state index in [1.165, 1.54) is 6.33 Å². The Morgan fingerprint density at radius 3 is 2.83 bits per heavy atom. The summed E-state index contributed by atoms with van der Waals surface area (Å²) >= 11 is 0. The average molecular weight is 330 g/mol. The third-order valence-corrected chi connectivity index (χ3v) is 4.85. The van der Waals surface area contributed by atoms with Crippen LogP contribution in [0, 0.1) is 6.92 Å². The number of anilines is 1. The van der Waals surface area contributed by atoms with Gasteiger partial charge in [-0.1, -0.05) is 5.16 Å². The largest absolute Gasteiger partial charge is 0.365 e. The highest BCUT2D eigenvalue weighted by Gasteiger charge is 2.29. The molecule has 8 heteroatoms. The van der Waals surface area contributed by atoms with Crippen molar-refractivity contribution in [3.63, 3.8) is 0 Å². The molecule has 0 bridgehead atoms. The Labute approximate surface area is 140 Å². The van der Waals surface area contributed by atoms with Gasteiger partial charge in [-0.2, -0.15) is 4.98 Å². The van der Waals surface area contributed by atoms with Gasteiger partial charge in [-0.25, -0.2) is 9.78 Å². The Morgan fingerprint density at radius 1 is 1.21 bits per heavy atom. The minimum atomic E-state index is 0.174. The van der Waals surface area contributed by atoms with Gasteiger partial charge in [0.2, 0.25) is 0 Å². The van der Waals surface area contributed by atoms with E-state index in [9.17, 15) is 4.79 Å². The molecule has 0 aromatic carbocycles. The zero-order chi connectivity index (χ0) is 16.5. The number of fused-ring (bicyclic) bond motifs is 1. The second-order valence-corrected chi connectivity index (χ2v) is 6.58. The van der Waals surface area contributed by atoms with Gasteiger partial charge < -0.3 is 19.6 Å². The lowest BCUT2D eigenvalue weighted by atomic mass is 10.1. The molecule has 1 atom stereocenters. The van der Waals surface area contributed by atoms with Crippen LogP contribution in [0.3, 0.4) is 0 Å².